The maximum atomic E-state index is 12.8. The highest BCUT2D eigenvalue weighted by Crippen LogP contribution is 2.48. The molecule has 1 saturated carbocycles. The summed E-state index contributed by atoms with van der Waals surface area (Å²) in [4.78, 5) is 37.3. The molecular weight excluding hydrogens is 500 g/mol. The minimum atomic E-state index is -0.769. The van der Waals surface area contributed by atoms with Crippen LogP contribution in [0.15, 0.2) is 77.6 Å². The topological polar surface area (TPSA) is 97.6 Å². The van der Waals surface area contributed by atoms with Crippen LogP contribution in [0.5, 0.6) is 0 Å². The fourth-order valence-electron chi connectivity index (χ4n) is 4.72. The maximum Gasteiger partial charge on any atom is 0.413 e. The first-order valence-corrected chi connectivity index (χ1v) is 13.2. The van der Waals surface area contributed by atoms with Crippen molar-refractivity contribution in [1.29, 1.82) is 0 Å². The molecule has 1 aromatic heterocycles. The van der Waals surface area contributed by atoms with Crippen molar-refractivity contribution >= 4 is 29.2 Å². The highest BCUT2D eigenvalue weighted by atomic mass is 32.1. The van der Waals surface area contributed by atoms with Crippen molar-refractivity contribution < 1.29 is 19.4 Å². The zero-order valence-electron chi connectivity index (χ0n) is 21.4. The fourth-order valence-corrected chi connectivity index (χ4v) is 5.67. The molecule has 5 rings (SSSR count). The Hall–Kier alpha value is -4.17. The van der Waals surface area contributed by atoms with Gasteiger partial charge in [-0.3, -0.25) is 19.5 Å². The molecule has 1 unspecified atom stereocenters. The van der Waals surface area contributed by atoms with Gasteiger partial charge < -0.3 is 9.84 Å². The van der Waals surface area contributed by atoms with E-state index in [2.05, 4.69) is 5.32 Å². The van der Waals surface area contributed by atoms with Gasteiger partial charge in [-0.1, -0.05) is 84.1 Å². The number of carboxylic acids is 1. The Balaban J connectivity index is 1.34. The van der Waals surface area contributed by atoms with Gasteiger partial charge in [0.15, 0.2) is 0 Å². The number of aliphatic carboxylic acids is 1. The summed E-state index contributed by atoms with van der Waals surface area (Å²) in [6.45, 7) is 3.78. The molecule has 0 aliphatic heterocycles. The molecule has 1 amide bonds. The second-order valence-electron chi connectivity index (χ2n) is 9.68. The lowest BCUT2D eigenvalue weighted by molar-refractivity contribution is -0.140. The van der Waals surface area contributed by atoms with Crippen molar-refractivity contribution in [2.45, 2.75) is 38.2 Å². The van der Waals surface area contributed by atoms with E-state index in [1.54, 1.807) is 7.05 Å². The summed E-state index contributed by atoms with van der Waals surface area (Å²) >= 11 is 1.05. The second-order valence-corrected chi connectivity index (χ2v) is 10.6. The Morgan fingerprint density at radius 3 is 2.13 bits per heavy atom. The third-order valence-corrected chi connectivity index (χ3v) is 8.30. The maximum absolute atomic E-state index is 12.8. The van der Waals surface area contributed by atoms with E-state index in [9.17, 15) is 19.5 Å². The molecule has 1 aliphatic carbocycles. The summed E-state index contributed by atoms with van der Waals surface area (Å²) in [7, 11) is 1.61. The molecule has 4 aromatic rings. The number of aromatic nitrogens is 1. The Bertz CT molecular complexity index is 1560. The average Bonchev–Trinajstić information content (AvgIpc) is 3.68. The number of nitrogens with one attached hydrogen (secondary N) is 1. The van der Waals surface area contributed by atoms with E-state index in [0.29, 0.717) is 23.5 Å². The molecule has 1 fully saturated rings. The van der Waals surface area contributed by atoms with Crippen LogP contribution in [0.4, 0.5) is 10.6 Å². The van der Waals surface area contributed by atoms with Crippen molar-refractivity contribution in [1.82, 2.24) is 4.57 Å². The first-order chi connectivity index (χ1) is 18.2. The number of nitrogens with zero attached hydrogens (tertiary/aromatic N) is 1. The van der Waals surface area contributed by atoms with Gasteiger partial charge in [0.25, 0.3) is 0 Å². The number of hydrogen-bond donors (Lipinski definition) is 2. The van der Waals surface area contributed by atoms with E-state index in [-0.39, 0.29) is 4.87 Å². The molecule has 0 radical (unpaired) electrons. The average molecular weight is 529 g/mol. The molecule has 194 valence electrons. The molecule has 0 spiro atoms. The summed E-state index contributed by atoms with van der Waals surface area (Å²) in [6, 6.07) is 23.1. The molecule has 7 nitrogen and oxygen atoms in total. The van der Waals surface area contributed by atoms with Gasteiger partial charge in [0.2, 0.25) is 0 Å². The van der Waals surface area contributed by atoms with Crippen LogP contribution in [-0.2, 0) is 22.0 Å². The summed E-state index contributed by atoms with van der Waals surface area (Å²) in [5, 5.41) is 12.3. The van der Waals surface area contributed by atoms with Gasteiger partial charge in [-0.2, -0.15) is 0 Å². The van der Waals surface area contributed by atoms with Crippen LogP contribution in [0.3, 0.4) is 0 Å². The Morgan fingerprint density at radius 2 is 1.55 bits per heavy atom. The van der Waals surface area contributed by atoms with E-state index in [1.807, 2.05) is 86.6 Å². The first-order valence-electron chi connectivity index (χ1n) is 12.4. The molecule has 3 aromatic carbocycles. The van der Waals surface area contributed by atoms with E-state index in [0.717, 1.165) is 44.7 Å². The van der Waals surface area contributed by atoms with Gasteiger partial charge in [-0.15, -0.1) is 0 Å². The van der Waals surface area contributed by atoms with E-state index >= 15 is 0 Å². The minimum Gasteiger partial charge on any atom is -0.481 e. The van der Waals surface area contributed by atoms with Crippen molar-refractivity contribution in [2.24, 2.45) is 7.05 Å². The normalized spacial score (nSPS) is 14.5. The number of aryl methyl sites for hydroxylation is 1. The molecule has 0 saturated heterocycles. The highest BCUT2D eigenvalue weighted by Gasteiger charge is 2.51. The lowest BCUT2D eigenvalue weighted by Crippen LogP contribution is -2.20. The van der Waals surface area contributed by atoms with Gasteiger partial charge in [0.05, 0.1) is 10.3 Å². The molecule has 1 atom stereocenters. The quantitative estimate of drug-likeness (QED) is 0.285. The molecule has 0 bridgehead atoms. The largest absolute Gasteiger partial charge is 0.481 e. The van der Waals surface area contributed by atoms with E-state index in [4.69, 9.17) is 4.74 Å². The lowest BCUT2D eigenvalue weighted by atomic mass is 9.93. The summed E-state index contributed by atoms with van der Waals surface area (Å²) in [5.41, 5.74) is 4.77. The predicted molar refractivity (Wildman–Crippen MR) is 149 cm³/mol. The van der Waals surface area contributed by atoms with Gasteiger partial charge in [0.1, 0.15) is 11.9 Å². The number of hydrogen-bond acceptors (Lipinski definition) is 5. The zero-order valence-corrected chi connectivity index (χ0v) is 22.2. The third-order valence-electron chi connectivity index (χ3n) is 7.22. The SMILES string of the molecule is Cc1ccccc1C(C)OC(=O)Nc1c(-c2ccc(-c3ccc(C4(C(=O)O)CC4)cc3)cc2)sc(=O)n1C. The third kappa shape index (κ3) is 4.75. The number of anilines is 1. The predicted octanol–water partition coefficient (Wildman–Crippen LogP) is 6.52. The number of carbonyl (C=O) groups is 2. The minimum absolute atomic E-state index is 0.200. The van der Waals surface area contributed by atoms with Crippen LogP contribution in [0.25, 0.3) is 21.6 Å². The number of benzene rings is 3. The summed E-state index contributed by atoms with van der Waals surface area (Å²) in [6.07, 6.45) is 0.254. The number of carboxylic acid groups (broad SMARTS) is 1. The van der Waals surface area contributed by atoms with Crippen LogP contribution in [-0.4, -0.2) is 21.7 Å². The van der Waals surface area contributed by atoms with Crippen molar-refractivity contribution in [2.75, 3.05) is 5.32 Å². The van der Waals surface area contributed by atoms with Crippen LogP contribution >= 0.6 is 11.3 Å². The van der Waals surface area contributed by atoms with Crippen molar-refractivity contribution in [3.63, 3.8) is 0 Å². The molecule has 1 aliphatic rings. The van der Waals surface area contributed by atoms with Crippen molar-refractivity contribution in [3.05, 3.63) is 99.2 Å². The number of ether oxygens (including phenoxy) is 1. The number of thiazole rings is 1. The standard InChI is InChI=1S/C30H28N2O5S/c1-18-6-4-5-7-24(18)19(2)37-28(35)31-26-25(38-29(36)32(26)3)22-10-8-20(9-11-22)21-12-14-23(15-13-21)30(16-17-30)27(33)34/h4-15,19H,16-17H2,1-3H3,(H,31,35)(H,33,34). The Kier molecular flexibility index (Phi) is 6.67. The first kappa shape index (κ1) is 25.5. The van der Waals surface area contributed by atoms with Crippen LogP contribution < -0.4 is 10.2 Å². The highest BCUT2D eigenvalue weighted by molar-refractivity contribution is 7.13. The second kappa shape index (κ2) is 9.95. The Morgan fingerprint density at radius 1 is 0.974 bits per heavy atom. The van der Waals surface area contributed by atoms with Crippen molar-refractivity contribution in [3.8, 4) is 21.6 Å². The number of rotatable bonds is 7. The zero-order chi connectivity index (χ0) is 27.0. The summed E-state index contributed by atoms with van der Waals surface area (Å²) < 4.78 is 7.01. The van der Waals surface area contributed by atoms with Crippen LogP contribution in [0.1, 0.15) is 42.6 Å². The molecule has 2 N–H and O–H groups in total. The number of amides is 1. The van der Waals surface area contributed by atoms with Crippen LogP contribution in [0.2, 0.25) is 0 Å². The van der Waals surface area contributed by atoms with E-state index in [1.165, 1.54) is 4.57 Å². The lowest BCUT2D eigenvalue weighted by Gasteiger charge is -2.17. The fraction of sp³-hybridized carbons (Fsp3) is 0.233. The van der Waals surface area contributed by atoms with Gasteiger partial charge in [-0.05, 0) is 60.1 Å². The van der Waals surface area contributed by atoms with Crippen LogP contribution in [0, 0.1) is 6.92 Å². The van der Waals surface area contributed by atoms with Gasteiger partial charge >= 0.3 is 16.9 Å². The van der Waals surface area contributed by atoms with Gasteiger partial charge in [0, 0.05) is 7.05 Å². The monoisotopic (exact) mass is 528 g/mol. The molecule has 8 heteroatoms. The molecule has 38 heavy (non-hydrogen) atoms. The molecule has 1 heterocycles. The smallest absolute Gasteiger partial charge is 0.413 e. The van der Waals surface area contributed by atoms with Gasteiger partial charge in [-0.25, -0.2) is 4.79 Å². The molecular formula is C30H28N2O5S. The number of carbonyl (C=O) groups excluding carboxylic acids is 1. The Labute approximate surface area is 224 Å². The summed E-state index contributed by atoms with van der Waals surface area (Å²) in [5.74, 6) is -0.392. The van der Waals surface area contributed by atoms with E-state index < -0.39 is 23.6 Å².